The second kappa shape index (κ2) is 6.09. The number of hydrogen-bond acceptors (Lipinski definition) is 3. The summed E-state index contributed by atoms with van der Waals surface area (Å²) in [6.45, 7) is 10.1. The van der Waals surface area contributed by atoms with Crippen LogP contribution in [0.3, 0.4) is 0 Å². The number of nitrogens with zero attached hydrogens (tertiary/aromatic N) is 1. The van der Waals surface area contributed by atoms with E-state index in [1.54, 1.807) is 11.0 Å². The van der Waals surface area contributed by atoms with Crippen molar-refractivity contribution < 1.29 is 9.59 Å². The van der Waals surface area contributed by atoms with Crippen LogP contribution in [0.15, 0.2) is 61.2 Å². The summed E-state index contributed by atoms with van der Waals surface area (Å²) >= 11 is 1.35. The fourth-order valence-electron chi connectivity index (χ4n) is 5.98. The van der Waals surface area contributed by atoms with Crippen molar-refractivity contribution in [3.63, 3.8) is 0 Å². The Labute approximate surface area is 176 Å². The predicted octanol–water partition coefficient (Wildman–Crippen LogP) is 5.27. The van der Waals surface area contributed by atoms with E-state index in [1.807, 2.05) is 6.92 Å². The molecule has 148 valence electrons. The van der Waals surface area contributed by atoms with E-state index in [0.717, 1.165) is 0 Å². The van der Waals surface area contributed by atoms with Crippen molar-refractivity contribution in [3.05, 3.63) is 83.4 Å². The quantitative estimate of drug-likeness (QED) is 0.655. The van der Waals surface area contributed by atoms with Gasteiger partial charge in [-0.3, -0.25) is 14.5 Å². The van der Waals surface area contributed by atoms with Crippen molar-refractivity contribution in [3.8, 4) is 0 Å². The van der Waals surface area contributed by atoms with Crippen LogP contribution in [0.1, 0.15) is 49.4 Å². The summed E-state index contributed by atoms with van der Waals surface area (Å²) in [6.07, 6.45) is 2.33. The molecule has 2 amide bonds. The topological polar surface area (TPSA) is 37.4 Å². The van der Waals surface area contributed by atoms with Crippen LogP contribution < -0.4 is 0 Å². The zero-order valence-electron chi connectivity index (χ0n) is 17.0. The average molecular weight is 404 g/mol. The summed E-state index contributed by atoms with van der Waals surface area (Å²) in [5.74, 6) is -0.333. The van der Waals surface area contributed by atoms with E-state index in [0.29, 0.717) is 6.42 Å². The maximum absolute atomic E-state index is 13.4. The van der Waals surface area contributed by atoms with Gasteiger partial charge in [0.25, 0.3) is 5.24 Å². The van der Waals surface area contributed by atoms with Gasteiger partial charge in [0.2, 0.25) is 5.91 Å². The minimum Gasteiger partial charge on any atom is -0.274 e. The molecule has 0 unspecified atom stereocenters. The first-order valence-electron chi connectivity index (χ1n) is 10.2. The van der Waals surface area contributed by atoms with Gasteiger partial charge in [0.15, 0.2) is 0 Å². The molecule has 4 heteroatoms. The van der Waals surface area contributed by atoms with Crippen LogP contribution in [0.4, 0.5) is 4.79 Å². The van der Waals surface area contributed by atoms with Gasteiger partial charge in [0, 0.05) is 22.0 Å². The van der Waals surface area contributed by atoms with Gasteiger partial charge < -0.3 is 0 Å². The molecule has 1 aliphatic heterocycles. The first-order valence-corrected chi connectivity index (χ1v) is 11.1. The largest absolute Gasteiger partial charge is 0.288 e. The number of allylic oxidation sites excluding steroid dienone is 1. The molecule has 29 heavy (non-hydrogen) atoms. The highest BCUT2D eigenvalue weighted by Crippen LogP contribution is 2.65. The molecule has 0 radical (unpaired) electrons. The van der Waals surface area contributed by atoms with Crippen LogP contribution in [0.5, 0.6) is 0 Å². The highest BCUT2D eigenvalue weighted by Gasteiger charge is 2.68. The number of carbonyl (C=O) groups excluding carboxylic acids is 2. The Morgan fingerprint density at radius 3 is 2.03 bits per heavy atom. The molecular formula is C25H25NO2S. The van der Waals surface area contributed by atoms with E-state index in [9.17, 15) is 9.59 Å². The Kier molecular flexibility index (Phi) is 3.92. The van der Waals surface area contributed by atoms with Gasteiger partial charge >= 0.3 is 0 Å². The lowest BCUT2D eigenvalue weighted by atomic mass is 9.47. The first-order chi connectivity index (χ1) is 13.9. The van der Waals surface area contributed by atoms with Crippen molar-refractivity contribution >= 4 is 22.9 Å². The van der Waals surface area contributed by atoms with Gasteiger partial charge in [-0.1, -0.05) is 80.2 Å². The normalized spacial score (nSPS) is 32.4. The zero-order valence-corrected chi connectivity index (χ0v) is 17.8. The monoisotopic (exact) mass is 403 g/mol. The molecule has 0 spiro atoms. The predicted molar refractivity (Wildman–Crippen MR) is 117 cm³/mol. The van der Waals surface area contributed by atoms with Gasteiger partial charge in [0.05, 0.1) is 6.04 Å². The zero-order chi connectivity index (χ0) is 20.6. The SMILES string of the molecule is C=CC[C@H](C)C(=O)N1C(=O)S[C@@H]2[C@H]1C1(C)c3ccccc3C2(C)c2ccccc21. The molecule has 3 nitrogen and oxygen atoms in total. The lowest BCUT2D eigenvalue weighted by Crippen LogP contribution is -2.66. The number of hydrogen-bond donors (Lipinski definition) is 0. The fraction of sp³-hybridized carbons (Fsp3) is 0.360. The Hall–Kier alpha value is -2.33. The Bertz CT molecular complexity index is 1010. The van der Waals surface area contributed by atoms with Crippen LogP contribution in [-0.4, -0.2) is 27.3 Å². The molecule has 1 fully saturated rings. The van der Waals surface area contributed by atoms with E-state index < -0.39 is 5.41 Å². The Balaban J connectivity index is 1.78. The molecule has 2 bridgehead atoms. The Morgan fingerprint density at radius 1 is 1.07 bits per heavy atom. The van der Waals surface area contributed by atoms with Crippen molar-refractivity contribution in [2.75, 3.05) is 0 Å². The molecule has 0 aromatic heterocycles. The van der Waals surface area contributed by atoms with Crippen LogP contribution in [-0.2, 0) is 15.6 Å². The minimum atomic E-state index is -0.418. The van der Waals surface area contributed by atoms with Crippen molar-refractivity contribution in [1.29, 1.82) is 0 Å². The molecule has 1 saturated heterocycles. The van der Waals surface area contributed by atoms with Crippen LogP contribution in [0.2, 0.25) is 0 Å². The number of benzene rings is 2. The lowest BCUT2D eigenvalue weighted by Gasteiger charge is -2.60. The van der Waals surface area contributed by atoms with E-state index >= 15 is 0 Å². The Morgan fingerprint density at radius 2 is 1.55 bits per heavy atom. The smallest absolute Gasteiger partial charge is 0.274 e. The van der Waals surface area contributed by atoms with Gasteiger partial charge in [-0.15, -0.1) is 6.58 Å². The highest BCUT2D eigenvalue weighted by atomic mass is 32.2. The lowest BCUT2D eigenvalue weighted by molar-refractivity contribution is -0.134. The van der Waals surface area contributed by atoms with Gasteiger partial charge in [-0.05, 0) is 35.6 Å². The fourth-order valence-corrected chi connectivity index (χ4v) is 7.53. The summed E-state index contributed by atoms with van der Waals surface area (Å²) < 4.78 is 0. The maximum Gasteiger partial charge on any atom is 0.288 e. The van der Waals surface area contributed by atoms with E-state index in [4.69, 9.17) is 0 Å². The molecule has 0 saturated carbocycles. The van der Waals surface area contributed by atoms with Crippen molar-refractivity contribution in [2.45, 2.75) is 49.3 Å². The van der Waals surface area contributed by atoms with E-state index in [2.05, 4.69) is 69.0 Å². The summed E-state index contributed by atoms with van der Waals surface area (Å²) in [4.78, 5) is 28.2. The molecular weight excluding hydrogens is 378 g/mol. The average Bonchev–Trinajstić information content (AvgIpc) is 3.10. The highest BCUT2D eigenvalue weighted by molar-refractivity contribution is 8.14. The van der Waals surface area contributed by atoms with Gasteiger partial charge in [-0.2, -0.15) is 0 Å². The number of thioether (sulfide) groups is 1. The van der Waals surface area contributed by atoms with Crippen LogP contribution >= 0.6 is 11.8 Å². The molecule has 6 rings (SSSR count). The summed E-state index contributed by atoms with van der Waals surface area (Å²) in [5.41, 5.74) is 4.33. The summed E-state index contributed by atoms with van der Waals surface area (Å²) in [5, 5.41) is -0.108. The van der Waals surface area contributed by atoms with Crippen LogP contribution in [0.25, 0.3) is 0 Å². The van der Waals surface area contributed by atoms with Gasteiger partial charge in [-0.25, -0.2) is 0 Å². The third-order valence-corrected chi connectivity index (χ3v) is 8.80. The second-order valence-corrected chi connectivity index (χ2v) is 9.97. The molecule has 2 aromatic carbocycles. The summed E-state index contributed by atoms with van der Waals surface area (Å²) in [7, 11) is 0. The second-order valence-electron chi connectivity index (χ2n) is 8.88. The standard InChI is InChI=1S/C25H25NO2S/c1-5-10-15(2)22(27)26-20-21(29-23(26)28)25(4)18-13-8-6-11-16(18)24(20,3)17-12-7-9-14-19(17)25/h5-9,11-15,20-21H,1,10H2,2-4H3/t15-,20-,21+,24?,25?/m0/s1. The number of amides is 2. The van der Waals surface area contributed by atoms with Gasteiger partial charge in [0.1, 0.15) is 0 Å². The molecule has 3 atom stereocenters. The van der Waals surface area contributed by atoms with Crippen molar-refractivity contribution in [1.82, 2.24) is 4.90 Å². The third-order valence-electron chi connectivity index (χ3n) is 7.42. The van der Waals surface area contributed by atoms with Crippen LogP contribution in [0, 0.1) is 5.92 Å². The summed E-state index contributed by atoms with van der Waals surface area (Å²) in [6, 6.07) is 16.9. The molecule has 2 aromatic rings. The number of carbonyl (C=O) groups is 2. The number of rotatable bonds is 3. The third kappa shape index (κ3) is 2.10. The molecule has 0 N–H and O–H groups in total. The van der Waals surface area contributed by atoms with E-state index in [1.165, 1.54) is 34.0 Å². The molecule has 4 aliphatic rings. The molecule has 1 heterocycles. The number of imide groups is 1. The maximum atomic E-state index is 13.4. The van der Waals surface area contributed by atoms with Crippen molar-refractivity contribution in [2.24, 2.45) is 5.92 Å². The minimum absolute atomic E-state index is 0.00433. The first kappa shape index (κ1) is 18.7. The molecule has 3 aliphatic carbocycles. The van der Waals surface area contributed by atoms with E-state index in [-0.39, 0.29) is 33.8 Å².